The molecule has 0 aliphatic carbocycles. The minimum Gasteiger partial charge on any atom is -0.497 e. The molecule has 2 heterocycles. The largest absolute Gasteiger partial charge is 0.497 e. The summed E-state index contributed by atoms with van der Waals surface area (Å²) in [6.45, 7) is 0.431. The summed E-state index contributed by atoms with van der Waals surface area (Å²) in [7, 11) is 1.62. The van der Waals surface area contributed by atoms with E-state index in [2.05, 4.69) is 10.2 Å². The number of nitrogens with zero attached hydrogens (tertiary/aromatic N) is 4. The Bertz CT molecular complexity index is 1450. The number of hydrogen-bond donors (Lipinski definition) is 0. The van der Waals surface area contributed by atoms with Gasteiger partial charge in [0.25, 0.3) is 5.56 Å². The maximum absolute atomic E-state index is 13.3. The molecule has 0 atom stereocenters. The van der Waals surface area contributed by atoms with Crippen molar-refractivity contribution in [1.29, 1.82) is 0 Å². The lowest BCUT2D eigenvalue weighted by molar-refractivity contribution is 0.415. The number of rotatable bonds is 7. The third-order valence-electron chi connectivity index (χ3n) is 5.14. The summed E-state index contributed by atoms with van der Waals surface area (Å²) in [5.74, 6) is 2.04. The number of para-hydroxylation sites is 1. The normalized spacial score (nSPS) is 11.1. The molecule has 8 heteroatoms. The lowest BCUT2D eigenvalue weighted by atomic mass is 10.2. The zero-order valence-electron chi connectivity index (χ0n) is 17.8. The second-order valence-corrected chi connectivity index (χ2v) is 8.25. The van der Waals surface area contributed by atoms with Crippen LogP contribution in [-0.2, 0) is 12.3 Å². The lowest BCUT2D eigenvalue weighted by Gasteiger charge is -2.12. The average Bonchev–Trinajstić information content (AvgIpc) is 3.34. The highest BCUT2D eigenvalue weighted by Crippen LogP contribution is 2.25. The van der Waals surface area contributed by atoms with E-state index in [9.17, 15) is 4.79 Å². The van der Waals surface area contributed by atoms with Gasteiger partial charge in [-0.05, 0) is 42.0 Å². The zero-order valence-corrected chi connectivity index (χ0v) is 18.7. The van der Waals surface area contributed by atoms with E-state index < -0.39 is 0 Å². The van der Waals surface area contributed by atoms with Gasteiger partial charge in [0.05, 0.1) is 30.3 Å². The van der Waals surface area contributed by atoms with E-state index >= 15 is 0 Å². The van der Waals surface area contributed by atoms with Crippen LogP contribution in [0.15, 0.2) is 93.2 Å². The van der Waals surface area contributed by atoms with Crippen LogP contribution >= 0.6 is 11.8 Å². The molecule has 2 aromatic heterocycles. The molecule has 0 saturated carbocycles. The van der Waals surface area contributed by atoms with Crippen molar-refractivity contribution in [3.05, 3.63) is 101 Å². The molecule has 0 fully saturated rings. The van der Waals surface area contributed by atoms with Gasteiger partial charge >= 0.3 is 0 Å². The van der Waals surface area contributed by atoms with Gasteiger partial charge in [0.2, 0.25) is 11.8 Å². The van der Waals surface area contributed by atoms with Crippen molar-refractivity contribution in [1.82, 2.24) is 19.7 Å². The van der Waals surface area contributed by atoms with Crippen molar-refractivity contribution >= 4 is 22.7 Å². The Morgan fingerprint density at radius 1 is 0.939 bits per heavy atom. The van der Waals surface area contributed by atoms with E-state index in [1.54, 1.807) is 17.7 Å². The number of methoxy groups -OCH3 is 1. The Labute approximate surface area is 194 Å². The highest BCUT2D eigenvalue weighted by atomic mass is 32.2. The summed E-state index contributed by atoms with van der Waals surface area (Å²) in [6.07, 6.45) is 0. The van der Waals surface area contributed by atoms with Gasteiger partial charge < -0.3 is 9.15 Å². The number of thioether (sulfide) groups is 1. The predicted octanol–water partition coefficient (Wildman–Crippen LogP) is 4.80. The van der Waals surface area contributed by atoms with Crippen LogP contribution in [-0.4, -0.2) is 26.9 Å². The number of fused-ring (bicyclic) bond motifs is 1. The van der Waals surface area contributed by atoms with E-state index in [4.69, 9.17) is 14.1 Å². The van der Waals surface area contributed by atoms with Gasteiger partial charge in [-0.15, -0.1) is 10.2 Å². The van der Waals surface area contributed by atoms with Crippen LogP contribution in [0.5, 0.6) is 5.75 Å². The van der Waals surface area contributed by atoms with E-state index in [1.165, 1.54) is 11.8 Å². The number of aromatic nitrogens is 4. The summed E-state index contributed by atoms with van der Waals surface area (Å²) in [4.78, 5) is 18.0. The summed E-state index contributed by atoms with van der Waals surface area (Å²) in [5, 5.41) is 9.52. The van der Waals surface area contributed by atoms with Gasteiger partial charge in [0, 0.05) is 5.56 Å². The van der Waals surface area contributed by atoms with Crippen molar-refractivity contribution in [2.75, 3.05) is 7.11 Å². The van der Waals surface area contributed by atoms with Crippen LogP contribution in [0.3, 0.4) is 0 Å². The first kappa shape index (κ1) is 21.0. The molecule has 5 rings (SSSR count). The first-order valence-electron chi connectivity index (χ1n) is 10.3. The van der Waals surface area contributed by atoms with Gasteiger partial charge in [-0.2, -0.15) is 0 Å². The standard InChI is InChI=1S/C25H20N4O3S/c1-31-19-13-11-18(12-14-19)23-28-27-22(32-23)16-33-25-26-21-10-6-5-9-20(21)24(30)29(25)15-17-7-3-2-4-8-17/h2-14H,15-16H2,1H3. The molecule has 33 heavy (non-hydrogen) atoms. The SMILES string of the molecule is COc1ccc(-c2nnc(CSc3nc4ccccc4c(=O)n3Cc3ccccc3)o2)cc1. The summed E-state index contributed by atoms with van der Waals surface area (Å²) in [6, 6.07) is 24.7. The van der Waals surface area contributed by atoms with Gasteiger partial charge in [-0.1, -0.05) is 54.2 Å². The van der Waals surface area contributed by atoms with Crippen molar-refractivity contribution < 1.29 is 9.15 Å². The average molecular weight is 457 g/mol. The number of hydrogen-bond acceptors (Lipinski definition) is 7. The minimum atomic E-state index is -0.0728. The van der Waals surface area contributed by atoms with E-state index in [1.807, 2.05) is 72.8 Å². The third-order valence-corrected chi connectivity index (χ3v) is 6.10. The minimum absolute atomic E-state index is 0.0728. The molecule has 5 aromatic rings. The number of benzene rings is 3. The Morgan fingerprint density at radius 3 is 2.48 bits per heavy atom. The lowest BCUT2D eigenvalue weighted by Crippen LogP contribution is -2.24. The molecule has 0 aliphatic rings. The molecule has 164 valence electrons. The summed E-state index contributed by atoms with van der Waals surface area (Å²) >= 11 is 1.40. The van der Waals surface area contributed by atoms with Gasteiger partial charge in [0.1, 0.15) is 5.75 Å². The van der Waals surface area contributed by atoms with E-state index in [-0.39, 0.29) is 5.56 Å². The summed E-state index contributed by atoms with van der Waals surface area (Å²) < 4.78 is 12.7. The topological polar surface area (TPSA) is 83.0 Å². The van der Waals surface area contributed by atoms with Crippen LogP contribution in [0.4, 0.5) is 0 Å². The Kier molecular flexibility index (Phi) is 5.91. The molecular weight excluding hydrogens is 436 g/mol. The van der Waals surface area contributed by atoms with Crippen molar-refractivity contribution in [2.45, 2.75) is 17.5 Å². The van der Waals surface area contributed by atoms with Crippen LogP contribution in [0, 0.1) is 0 Å². The molecule has 0 unspecified atom stereocenters. The smallest absolute Gasteiger partial charge is 0.262 e. The Balaban J connectivity index is 1.43. The Hall–Kier alpha value is -3.91. The fourth-order valence-corrected chi connectivity index (χ4v) is 4.29. The first-order chi connectivity index (χ1) is 16.2. The van der Waals surface area contributed by atoms with Crippen LogP contribution in [0.1, 0.15) is 11.5 Å². The first-order valence-corrected chi connectivity index (χ1v) is 11.3. The monoisotopic (exact) mass is 456 g/mol. The second-order valence-electron chi connectivity index (χ2n) is 7.31. The molecule has 0 spiro atoms. The maximum Gasteiger partial charge on any atom is 0.262 e. The fraction of sp³-hybridized carbons (Fsp3) is 0.120. The third kappa shape index (κ3) is 4.51. The number of ether oxygens (including phenoxy) is 1. The molecule has 7 nitrogen and oxygen atoms in total. The molecule has 0 radical (unpaired) electrons. The van der Waals surface area contributed by atoms with E-state index in [0.29, 0.717) is 40.1 Å². The van der Waals surface area contributed by atoms with Gasteiger partial charge in [-0.3, -0.25) is 9.36 Å². The molecule has 0 saturated heterocycles. The second kappa shape index (κ2) is 9.30. The molecule has 0 amide bonds. The molecule has 0 aliphatic heterocycles. The molecular formula is C25H20N4O3S. The van der Waals surface area contributed by atoms with Crippen LogP contribution < -0.4 is 10.3 Å². The molecule has 0 bridgehead atoms. The zero-order chi connectivity index (χ0) is 22.6. The van der Waals surface area contributed by atoms with Crippen molar-refractivity contribution in [2.24, 2.45) is 0 Å². The van der Waals surface area contributed by atoms with Crippen LogP contribution in [0.25, 0.3) is 22.4 Å². The van der Waals surface area contributed by atoms with Crippen LogP contribution in [0.2, 0.25) is 0 Å². The summed E-state index contributed by atoms with van der Waals surface area (Å²) in [5.41, 5.74) is 2.43. The van der Waals surface area contributed by atoms with Crippen molar-refractivity contribution in [3.63, 3.8) is 0 Å². The fourth-order valence-electron chi connectivity index (χ4n) is 3.45. The van der Waals surface area contributed by atoms with E-state index in [0.717, 1.165) is 16.9 Å². The molecule has 0 N–H and O–H groups in total. The predicted molar refractivity (Wildman–Crippen MR) is 127 cm³/mol. The maximum atomic E-state index is 13.3. The highest BCUT2D eigenvalue weighted by molar-refractivity contribution is 7.98. The quantitative estimate of drug-likeness (QED) is 0.257. The molecule has 3 aromatic carbocycles. The van der Waals surface area contributed by atoms with Gasteiger partial charge in [-0.25, -0.2) is 4.98 Å². The van der Waals surface area contributed by atoms with Gasteiger partial charge in [0.15, 0.2) is 5.16 Å². The Morgan fingerprint density at radius 2 is 1.70 bits per heavy atom. The highest BCUT2D eigenvalue weighted by Gasteiger charge is 2.15. The van der Waals surface area contributed by atoms with Crippen molar-refractivity contribution in [3.8, 4) is 17.2 Å².